The molecule has 0 aliphatic rings. The van der Waals surface area contributed by atoms with Crippen molar-refractivity contribution in [1.82, 2.24) is 10.2 Å². The molecule has 100 valence electrons. The van der Waals surface area contributed by atoms with Crippen LogP contribution in [0.5, 0.6) is 0 Å². The molecule has 0 aliphatic heterocycles. The van der Waals surface area contributed by atoms with Gasteiger partial charge in [0.2, 0.25) is 0 Å². The van der Waals surface area contributed by atoms with Gasteiger partial charge in [-0.1, -0.05) is 27.2 Å². The second-order valence-electron chi connectivity index (χ2n) is 5.20. The van der Waals surface area contributed by atoms with Crippen LogP contribution in [0.25, 0.3) is 0 Å². The number of rotatable bonds is 9. The van der Waals surface area contributed by atoms with E-state index in [0.717, 1.165) is 32.0 Å². The molecule has 0 aliphatic carbocycles. The van der Waals surface area contributed by atoms with E-state index in [-0.39, 0.29) is 6.04 Å². The number of nitriles is 1. The summed E-state index contributed by atoms with van der Waals surface area (Å²) in [5.74, 6) is 0.744. The third kappa shape index (κ3) is 8.18. The first-order valence-corrected chi connectivity index (χ1v) is 6.91. The number of nitrogens with one attached hydrogen (secondary N) is 1. The lowest BCUT2D eigenvalue weighted by atomic mass is 10.1. The predicted octanol–water partition coefficient (Wildman–Crippen LogP) is 2.63. The van der Waals surface area contributed by atoms with Gasteiger partial charge in [0.1, 0.15) is 0 Å². The second kappa shape index (κ2) is 9.44. The molecule has 0 fully saturated rings. The lowest BCUT2D eigenvalue weighted by Gasteiger charge is -2.25. The predicted molar refractivity (Wildman–Crippen MR) is 73.9 cm³/mol. The first-order valence-electron chi connectivity index (χ1n) is 6.91. The average molecular weight is 239 g/mol. The highest BCUT2D eigenvalue weighted by molar-refractivity contribution is 4.91. The van der Waals surface area contributed by atoms with Gasteiger partial charge < -0.3 is 4.90 Å². The zero-order chi connectivity index (χ0) is 13.3. The zero-order valence-electron chi connectivity index (χ0n) is 12.2. The van der Waals surface area contributed by atoms with Crippen molar-refractivity contribution in [3.05, 3.63) is 0 Å². The van der Waals surface area contributed by atoms with E-state index in [0.29, 0.717) is 6.04 Å². The summed E-state index contributed by atoms with van der Waals surface area (Å²) in [5.41, 5.74) is 0. The van der Waals surface area contributed by atoms with E-state index in [2.05, 4.69) is 50.9 Å². The molecule has 0 bridgehead atoms. The van der Waals surface area contributed by atoms with Crippen LogP contribution in [0.3, 0.4) is 0 Å². The van der Waals surface area contributed by atoms with Crippen molar-refractivity contribution in [2.24, 2.45) is 5.92 Å². The fourth-order valence-corrected chi connectivity index (χ4v) is 1.85. The van der Waals surface area contributed by atoms with Crippen LogP contribution in [0, 0.1) is 17.2 Å². The van der Waals surface area contributed by atoms with Crippen molar-refractivity contribution >= 4 is 0 Å². The molecule has 2 atom stereocenters. The van der Waals surface area contributed by atoms with Gasteiger partial charge in [-0.05, 0) is 32.7 Å². The first-order chi connectivity index (χ1) is 8.03. The van der Waals surface area contributed by atoms with E-state index < -0.39 is 0 Å². The topological polar surface area (TPSA) is 39.1 Å². The Hall–Kier alpha value is -0.590. The highest BCUT2D eigenvalue weighted by atomic mass is 15.1. The van der Waals surface area contributed by atoms with Crippen LogP contribution in [0.2, 0.25) is 0 Å². The Kier molecular flexibility index (Phi) is 9.11. The minimum Gasteiger partial charge on any atom is -0.303 e. The molecule has 0 saturated heterocycles. The summed E-state index contributed by atoms with van der Waals surface area (Å²) in [6, 6.07) is 2.71. The summed E-state index contributed by atoms with van der Waals surface area (Å²) in [7, 11) is 0. The highest BCUT2D eigenvalue weighted by Gasteiger charge is 2.12. The van der Waals surface area contributed by atoms with Gasteiger partial charge in [0.15, 0.2) is 0 Å². The van der Waals surface area contributed by atoms with Gasteiger partial charge in [-0.15, -0.1) is 0 Å². The van der Waals surface area contributed by atoms with Crippen molar-refractivity contribution in [3.8, 4) is 6.07 Å². The van der Waals surface area contributed by atoms with Crippen LogP contribution in [0.1, 0.15) is 47.5 Å². The van der Waals surface area contributed by atoms with E-state index >= 15 is 0 Å². The molecule has 0 amide bonds. The van der Waals surface area contributed by atoms with E-state index in [9.17, 15) is 0 Å². The first kappa shape index (κ1) is 16.4. The Morgan fingerprint density at radius 3 is 2.29 bits per heavy atom. The smallest absolute Gasteiger partial charge is 0.0967 e. The van der Waals surface area contributed by atoms with Crippen LogP contribution in [-0.4, -0.2) is 36.6 Å². The molecule has 2 unspecified atom stereocenters. The van der Waals surface area contributed by atoms with Crippen LogP contribution in [0.4, 0.5) is 0 Å². The summed E-state index contributed by atoms with van der Waals surface area (Å²) in [6.45, 7) is 14.1. The summed E-state index contributed by atoms with van der Waals surface area (Å²) in [6.07, 6.45) is 2.14. The van der Waals surface area contributed by atoms with Crippen LogP contribution in [-0.2, 0) is 0 Å². The largest absolute Gasteiger partial charge is 0.303 e. The molecule has 0 aromatic heterocycles. The van der Waals surface area contributed by atoms with E-state index in [1.54, 1.807) is 0 Å². The lowest BCUT2D eigenvalue weighted by Crippen LogP contribution is -2.38. The zero-order valence-corrected chi connectivity index (χ0v) is 12.2. The molecule has 0 aromatic rings. The van der Waals surface area contributed by atoms with Gasteiger partial charge in [-0.3, -0.25) is 5.32 Å². The molecule has 17 heavy (non-hydrogen) atoms. The van der Waals surface area contributed by atoms with E-state index in [1.165, 1.54) is 6.42 Å². The molecule has 0 radical (unpaired) electrons. The van der Waals surface area contributed by atoms with Crippen molar-refractivity contribution < 1.29 is 0 Å². The Morgan fingerprint density at radius 1 is 1.24 bits per heavy atom. The minimum absolute atomic E-state index is 0.0130. The fraction of sp³-hybridized carbons (Fsp3) is 0.929. The van der Waals surface area contributed by atoms with Crippen LogP contribution >= 0.6 is 0 Å². The summed E-state index contributed by atoms with van der Waals surface area (Å²) in [5, 5.41) is 12.3. The minimum atomic E-state index is -0.0130. The van der Waals surface area contributed by atoms with Gasteiger partial charge >= 0.3 is 0 Å². The van der Waals surface area contributed by atoms with Gasteiger partial charge in [0, 0.05) is 19.1 Å². The molecule has 0 aromatic carbocycles. The van der Waals surface area contributed by atoms with Crippen LogP contribution < -0.4 is 5.32 Å². The van der Waals surface area contributed by atoms with E-state index in [4.69, 9.17) is 5.26 Å². The lowest BCUT2D eigenvalue weighted by molar-refractivity contribution is 0.236. The summed E-state index contributed by atoms with van der Waals surface area (Å²) >= 11 is 0. The Bertz CT molecular complexity index is 220. The van der Waals surface area contributed by atoms with Crippen LogP contribution in [0.15, 0.2) is 0 Å². The monoisotopic (exact) mass is 239 g/mol. The van der Waals surface area contributed by atoms with Gasteiger partial charge in [-0.2, -0.15) is 5.26 Å². The SMILES string of the molecule is CCC(C)CN(CC)CCC(C#N)NC(C)C. The number of hydrogen-bond acceptors (Lipinski definition) is 3. The molecule has 0 saturated carbocycles. The van der Waals surface area contributed by atoms with Gasteiger partial charge in [-0.25, -0.2) is 0 Å². The van der Waals surface area contributed by atoms with Gasteiger partial charge in [0.25, 0.3) is 0 Å². The van der Waals surface area contributed by atoms with Crippen molar-refractivity contribution in [2.75, 3.05) is 19.6 Å². The maximum absolute atomic E-state index is 9.06. The Balaban J connectivity index is 3.99. The summed E-state index contributed by atoms with van der Waals surface area (Å²) in [4.78, 5) is 2.44. The molecule has 0 rings (SSSR count). The standard InChI is InChI=1S/C14H29N3/c1-6-13(5)11-17(7-2)9-8-14(10-15)16-12(3)4/h12-14,16H,6-9,11H2,1-5H3. The van der Waals surface area contributed by atoms with Crippen molar-refractivity contribution in [3.63, 3.8) is 0 Å². The molecular weight excluding hydrogens is 210 g/mol. The molecular formula is C14H29N3. The number of hydrogen-bond donors (Lipinski definition) is 1. The Labute approximate surface area is 107 Å². The third-order valence-electron chi connectivity index (χ3n) is 3.14. The normalized spacial score (nSPS) is 14.9. The molecule has 0 spiro atoms. The maximum atomic E-state index is 9.06. The summed E-state index contributed by atoms with van der Waals surface area (Å²) < 4.78 is 0. The highest BCUT2D eigenvalue weighted by Crippen LogP contribution is 2.05. The quantitative estimate of drug-likeness (QED) is 0.672. The fourth-order valence-electron chi connectivity index (χ4n) is 1.85. The second-order valence-corrected chi connectivity index (χ2v) is 5.20. The average Bonchev–Trinajstić information content (AvgIpc) is 2.31. The molecule has 3 heteroatoms. The third-order valence-corrected chi connectivity index (χ3v) is 3.14. The van der Waals surface area contributed by atoms with Gasteiger partial charge in [0.05, 0.1) is 12.1 Å². The van der Waals surface area contributed by atoms with Crippen molar-refractivity contribution in [2.45, 2.75) is 59.5 Å². The van der Waals surface area contributed by atoms with Crippen molar-refractivity contribution in [1.29, 1.82) is 5.26 Å². The number of nitrogens with zero attached hydrogens (tertiary/aromatic N) is 2. The maximum Gasteiger partial charge on any atom is 0.0967 e. The molecule has 0 heterocycles. The molecule has 3 nitrogen and oxygen atoms in total. The Morgan fingerprint density at radius 2 is 1.88 bits per heavy atom. The van der Waals surface area contributed by atoms with E-state index in [1.807, 2.05) is 0 Å². The molecule has 1 N–H and O–H groups in total.